The van der Waals surface area contributed by atoms with E-state index in [0.29, 0.717) is 5.69 Å². The Hall–Kier alpha value is -1.53. The molecule has 0 radical (unpaired) electrons. The van der Waals surface area contributed by atoms with Crippen molar-refractivity contribution in [3.63, 3.8) is 0 Å². The van der Waals surface area contributed by atoms with Crippen molar-refractivity contribution in [1.29, 1.82) is 0 Å². The maximum atomic E-state index is 8.48. The molecule has 0 bridgehead atoms. The maximum absolute atomic E-state index is 8.48. The van der Waals surface area contributed by atoms with Crippen LogP contribution in [-0.2, 0) is 0 Å². The molecule has 0 aliphatic carbocycles. The van der Waals surface area contributed by atoms with Crippen molar-refractivity contribution in [3.8, 4) is 0 Å². The van der Waals surface area contributed by atoms with Gasteiger partial charge in [0.25, 0.3) is 0 Å². The molecule has 82 valence electrons. The largest absolute Gasteiger partial charge is 0.409 e. The summed E-state index contributed by atoms with van der Waals surface area (Å²) in [7, 11) is 0. The fourth-order valence-corrected chi connectivity index (χ4v) is 2.80. The molecule has 6 heteroatoms. The number of pyridine rings is 1. The maximum Gasteiger partial charge on any atom is 0.188 e. The molecule has 0 aliphatic heterocycles. The van der Waals surface area contributed by atoms with Gasteiger partial charge in [-0.05, 0) is 23.6 Å². The van der Waals surface area contributed by atoms with Gasteiger partial charge in [-0.2, -0.15) is 0 Å². The van der Waals surface area contributed by atoms with Gasteiger partial charge in [0.15, 0.2) is 5.84 Å². The molecule has 2 heterocycles. The van der Waals surface area contributed by atoms with Gasteiger partial charge in [0.1, 0.15) is 5.69 Å². The monoisotopic (exact) mass is 251 g/mol. The van der Waals surface area contributed by atoms with Gasteiger partial charge in [0.2, 0.25) is 0 Å². The number of aromatic nitrogens is 1. The van der Waals surface area contributed by atoms with E-state index in [9.17, 15) is 0 Å². The Morgan fingerprint density at radius 2 is 2.31 bits per heavy atom. The predicted molar refractivity (Wildman–Crippen MR) is 65.2 cm³/mol. The minimum absolute atomic E-state index is 0.0210. The number of oxime groups is 1. The third-order valence-corrected chi connectivity index (χ3v) is 3.83. The summed E-state index contributed by atoms with van der Waals surface area (Å²) < 4.78 is 1.21. The van der Waals surface area contributed by atoms with Crippen LogP contribution < -0.4 is 5.73 Å². The van der Waals surface area contributed by atoms with E-state index in [2.05, 4.69) is 10.1 Å². The number of hydrogen-bond acceptors (Lipinski definition) is 5. The quantitative estimate of drug-likeness (QED) is 0.380. The first-order valence-electron chi connectivity index (χ1n) is 4.45. The van der Waals surface area contributed by atoms with Crippen LogP contribution >= 0.6 is 23.1 Å². The van der Waals surface area contributed by atoms with Crippen molar-refractivity contribution in [1.82, 2.24) is 4.98 Å². The normalized spacial score (nSPS) is 11.6. The zero-order chi connectivity index (χ0) is 11.4. The Morgan fingerprint density at radius 1 is 1.44 bits per heavy atom. The number of rotatable bonds is 3. The Balaban J connectivity index is 2.14. The van der Waals surface area contributed by atoms with E-state index >= 15 is 0 Å². The molecule has 4 nitrogen and oxygen atoms in total. The van der Waals surface area contributed by atoms with Gasteiger partial charge in [0.05, 0.1) is 4.21 Å². The molecule has 0 aromatic carbocycles. The van der Waals surface area contributed by atoms with Gasteiger partial charge < -0.3 is 10.9 Å². The highest BCUT2D eigenvalue weighted by Crippen LogP contribution is 2.30. The smallest absolute Gasteiger partial charge is 0.188 e. The van der Waals surface area contributed by atoms with Crippen LogP contribution in [-0.4, -0.2) is 16.0 Å². The molecule has 0 spiro atoms. The minimum Gasteiger partial charge on any atom is -0.409 e. The summed E-state index contributed by atoms with van der Waals surface area (Å²) in [6.07, 6.45) is 1.71. The molecule has 0 aliphatic rings. The standard InChI is InChI=1S/C10H9N3OS2/c11-10(13-14)8-4-3-7(6-12-8)16-9-2-1-5-15-9/h1-6,14H,(H2,11,13). The first-order chi connectivity index (χ1) is 7.79. The first-order valence-corrected chi connectivity index (χ1v) is 6.14. The van der Waals surface area contributed by atoms with Crippen molar-refractivity contribution in [3.05, 3.63) is 41.5 Å². The van der Waals surface area contributed by atoms with E-state index in [1.54, 1.807) is 35.4 Å². The zero-order valence-corrected chi connectivity index (χ0v) is 9.83. The van der Waals surface area contributed by atoms with E-state index in [4.69, 9.17) is 10.9 Å². The highest BCUT2D eigenvalue weighted by molar-refractivity contribution is 8.01. The van der Waals surface area contributed by atoms with Gasteiger partial charge in [-0.3, -0.25) is 4.98 Å². The predicted octanol–water partition coefficient (Wildman–Crippen LogP) is 2.39. The van der Waals surface area contributed by atoms with Crippen molar-refractivity contribution in [2.24, 2.45) is 10.9 Å². The van der Waals surface area contributed by atoms with Crippen LogP contribution in [0.5, 0.6) is 0 Å². The van der Waals surface area contributed by atoms with Crippen LogP contribution in [0.3, 0.4) is 0 Å². The lowest BCUT2D eigenvalue weighted by atomic mass is 10.3. The number of amidine groups is 1. The van der Waals surface area contributed by atoms with Crippen LogP contribution in [0.1, 0.15) is 5.69 Å². The fraction of sp³-hybridized carbons (Fsp3) is 0. The van der Waals surface area contributed by atoms with Gasteiger partial charge in [-0.25, -0.2) is 0 Å². The summed E-state index contributed by atoms with van der Waals surface area (Å²) in [6, 6.07) is 7.67. The Bertz CT molecular complexity index is 479. The summed E-state index contributed by atoms with van der Waals surface area (Å²) in [6.45, 7) is 0. The third-order valence-electron chi connectivity index (χ3n) is 1.82. The van der Waals surface area contributed by atoms with Crippen molar-refractivity contribution in [2.75, 3.05) is 0 Å². The van der Waals surface area contributed by atoms with Gasteiger partial charge >= 0.3 is 0 Å². The van der Waals surface area contributed by atoms with Crippen molar-refractivity contribution >= 4 is 28.9 Å². The molecule has 2 aromatic heterocycles. The lowest BCUT2D eigenvalue weighted by Gasteiger charge is -2.00. The summed E-state index contributed by atoms with van der Waals surface area (Å²) in [5, 5.41) is 13.4. The lowest BCUT2D eigenvalue weighted by molar-refractivity contribution is 0.318. The van der Waals surface area contributed by atoms with Crippen molar-refractivity contribution < 1.29 is 5.21 Å². The Morgan fingerprint density at radius 3 is 2.88 bits per heavy atom. The highest BCUT2D eigenvalue weighted by Gasteiger charge is 2.02. The Labute approximate surface area is 101 Å². The number of nitrogens with zero attached hydrogens (tertiary/aromatic N) is 2. The van der Waals surface area contributed by atoms with Crippen LogP contribution in [0.2, 0.25) is 0 Å². The molecule has 0 fully saturated rings. The van der Waals surface area contributed by atoms with Gasteiger partial charge in [-0.1, -0.05) is 23.0 Å². The molecule has 0 atom stereocenters. The fourth-order valence-electron chi connectivity index (χ4n) is 1.08. The van der Waals surface area contributed by atoms with E-state index < -0.39 is 0 Å². The third kappa shape index (κ3) is 2.53. The van der Waals surface area contributed by atoms with E-state index in [1.807, 2.05) is 23.6 Å². The molecule has 0 saturated heterocycles. The first kappa shape index (κ1) is 11.0. The summed E-state index contributed by atoms with van der Waals surface area (Å²) >= 11 is 3.31. The summed E-state index contributed by atoms with van der Waals surface area (Å²) in [5.74, 6) is 0.0210. The average molecular weight is 251 g/mol. The summed E-state index contributed by atoms with van der Waals surface area (Å²) in [4.78, 5) is 5.12. The van der Waals surface area contributed by atoms with E-state index in [0.717, 1.165) is 4.90 Å². The molecule has 0 saturated carbocycles. The van der Waals surface area contributed by atoms with Gasteiger partial charge in [-0.15, -0.1) is 11.3 Å². The van der Waals surface area contributed by atoms with Crippen LogP contribution in [0, 0.1) is 0 Å². The van der Waals surface area contributed by atoms with Crippen LogP contribution in [0.4, 0.5) is 0 Å². The van der Waals surface area contributed by atoms with Gasteiger partial charge in [0, 0.05) is 11.1 Å². The second-order valence-corrected chi connectivity index (χ2v) is 5.22. The molecular weight excluding hydrogens is 242 g/mol. The molecule has 2 aromatic rings. The minimum atomic E-state index is 0.0210. The number of thiophene rings is 1. The van der Waals surface area contributed by atoms with E-state index in [1.165, 1.54) is 4.21 Å². The van der Waals surface area contributed by atoms with Crippen LogP contribution in [0.15, 0.2) is 50.1 Å². The highest BCUT2D eigenvalue weighted by atomic mass is 32.2. The SMILES string of the molecule is N/C(=N/O)c1ccc(Sc2cccs2)cn1. The summed E-state index contributed by atoms with van der Waals surface area (Å²) in [5.41, 5.74) is 5.88. The lowest BCUT2D eigenvalue weighted by Crippen LogP contribution is -2.14. The molecule has 3 N–H and O–H groups in total. The second-order valence-electron chi connectivity index (χ2n) is 2.90. The molecule has 2 rings (SSSR count). The van der Waals surface area contributed by atoms with Crippen LogP contribution in [0.25, 0.3) is 0 Å². The Kier molecular flexibility index (Phi) is 3.43. The molecule has 0 unspecified atom stereocenters. The average Bonchev–Trinajstić information content (AvgIpc) is 2.82. The molecule has 16 heavy (non-hydrogen) atoms. The molecule has 0 amide bonds. The second kappa shape index (κ2) is 5.00. The number of hydrogen-bond donors (Lipinski definition) is 2. The topological polar surface area (TPSA) is 71.5 Å². The molecular formula is C10H9N3OS2. The van der Waals surface area contributed by atoms with E-state index in [-0.39, 0.29) is 5.84 Å². The van der Waals surface area contributed by atoms with Crippen molar-refractivity contribution in [2.45, 2.75) is 9.10 Å². The zero-order valence-electron chi connectivity index (χ0n) is 8.20. The number of nitrogens with two attached hydrogens (primary N) is 1.